The topological polar surface area (TPSA) is 145 Å². The molecule has 1 unspecified atom stereocenters. The van der Waals surface area contributed by atoms with E-state index in [1.165, 1.54) is 4.90 Å². The van der Waals surface area contributed by atoms with Crippen molar-refractivity contribution >= 4 is 47.1 Å². The van der Waals surface area contributed by atoms with Gasteiger partial charge in [0.2, 0.25) is 17.5 Å². The molecule has 2 aromatic rings. The van der Waals surface area contributed by atoms with Gasteiger partial charge in [0.15, 0.2) is 0 Å². The lowest BCUT2D eigenvalue weighted by atomic mass is 9.84. The van der Waals surface area contributed by atoms with Gasteiger partial charge in [0.05, 0.1) is 0 Å². The third kappa shape index (κ3) is 11.3. The minimum Gasteiger partial charge on any atom is -0.478 e. The minimum atomic E-state index is -2.72. The molecule has 3 amide bonds. The lowest BCUT2D eigenvalue weighted by Gasteiger charge is -2.30. The van der Waals surface area contributed by atoms with E-state index in [4.69, 9.17) is 27.9 Å². The number of carbonyl (C=O) groups excluding carboxylic acids is 3. The number of benzene rings is 2. The molecule has 1 saturated carbocycles. The summed E-state index contributed by atoms with van der Waals surface area (Å²) < 4.78 is 5.27. The van der Waals surface area contributed by atoms with E-state index in [0.717, 1.165) is 37.7 Å². The Bertz CT molecular complexity index is 1270. The number of halogens is 2. The number of likely N-dealkylation sites (N-methyl/N-ethyl adjacent to an activating group) is 1. The second-order valence-electron chi connectivity index (χ2n) is 11.0. The zero-order chi connectivity index (χ0) is 31.4. The van der Waals surface area contributed by atoms with Crippen LogP contribution in [0.25, 0.3) is 0 Å². The molecule has 10 nitrogen and oxygen atoms in total. The van der Waals surface area contributed by atoms with Crippen molar-refractivity contribution in [3.8, 4) is 0 Å². The van der Waals surface area contributed by atoms with Gasteiger partial charge in [0.1, 0.15) is 12.6 Å². The molecule has 43 heavy (non-hydrogen) atoms. The number of ether oxygens (including phenoxy) is 1. The molecule has 0 aromatic heterocycles. The number of nitrogens with zero attached hydrogens (tertiary/aromatic N) is 1. The Labute approximate surface area is 261 Å². The summed E-state index contributed by atoms with van der Waals surface area (Å²) in [5, 5.41) is 26.5. The number of nitrogens with one attached hydrogen (secondary N) is 2. The number of aliphatic carboxylic acids is 1. The van der Waals surface area contributed by atoms with Gasteiger partial charge >= 0.3 is 12.1 Å². The van der Waals surface area contributed by atoms with Crippen LogP contribution in [0, 0.1) is 5.92 Å². The van der Waals surface area contributed by atoms with E-state index in [9.17, 15) is 29.4 Å². The first kappa shape index (κ1) is 34.2. The number of carboxylic acids is 1. The highest BCUT2D eigenvalue weighted by atomic mass is 35.5. The van der Waals surface area contributed by atoms with E-state index < -0.39 is 42.1 Å². The van der Waals surface area contributed by atoms with Crippen molar-refractivity contribution in [1.29, 1.82) is 0 Å². The second-order valence-corrected chi connectivity index (χ2v) is 11.9. The van der Waals surface area contributed by atoms with E-state index in [1.807, 2.05) is 12.1 Å². The predicted octanol–water partition coefficient (Wildman–Crippen LogP) is 4.93. The van der Waals surface area contributed by atoms with E-state index in [2.05, 4.69) is 10.6 Å². The Morgan fingerprint density at radius 2 is 1.65 bits per heavy atom. The fourth-order valence-corrected chi connectivity index (χ4v) is 5.48. The van der Waals surface area contributed by atoms with Gasteiger partial charge in [0, 0.05) is 36.5 Å². The third-order valence-electron chi connectivity index (χ3n) is 7.60. The van der Waals surface area contributed by atoms with Crippen molar-refractivity contribution in [2.45, 2.75) is 76.2 Å². The van der Waals surface area contributed by atoms with Crippen LogP contribution >= 0.6 is 23.2 Å². The van der Waals surface area contributed by atoms with Gasteiger partial charge in [-0.25, -0.2) is 9.59 Å². The van der Waals surface area contributed by atoms with Crippen LogP contribution in [0.15, 0.2) is 48.5 Å². The van der Waals surface area contributed by atoms with Crippen LogP contribution in [-0.2, 0) is 32.1 Å². The summed E-state index contributed by atoms with van der Waals surface area (Å²) in [6.07, 6.45) is 3.80. The number of carboxylic acid groups (broad SMARTS) is 1. The van der Waals surface area contributed by atoms with Gasteiger partial charge in [-0.1, -0.05) is 79.6 Å². The summed E-state index contributed by atoms with van der Waals surface area (Å²) in [4.78, 5) is 52.2. The third-order valence-corrected chi connectivity index (χ3v) is 8.07. The maximum Gasteiger partial charge on any atom is 0.408 e. The molecule has 0 spiro atoms. The molecule has 1 fully saturated rings. The van der Waals surface area contributed by atoms with Crippen LogP contribution in [0.4, 0.5) is 4.79 Å². The van der Waals surface area contributed by atoms with Crippen molar-refractivity contribution in [3.05, 3.63) is 69.7 Å². The predicted molar refractivity (Wildman–Crippen MR) is 163 cm³/mol. The Hall–Kier alpha value is -3.34. The molecule has 234 valence electrons. The van der Waals surface area contributed by atoms with Crippen LogP contribution in [-0.4, -0.2) is 64.3 Å². The first-order valence-corrected chi connectivity index (χ1v) is 15.1. The standard InChI is InChI=1S/C31H39Cl2N3O7/c1-36(16-14-22-9-5-11-24(32)17-22)27(37)13-15-31(42,29(39)40)35-28(38)26(19-21-7-3-2-4-8-21)34-30(41)43-20-23-10-6-12-25(33)18-23/h5-6,9-12,17-18,21,26,42H,2-4,7-8,13-16,19-20H2,1H3,(H,34,41)(H,35,38)(H,39,40)/t26-,31?/m0/s1. The summed E-state index contributed by atoms with van der Waals surface area (Å²) in [6, 6.07) is 12.9. The lowest BCUT2D eigenvalue weighted by Crippen LogP contribution is -2.60. The van der Waals surface area contributed by atoms with Crippen molar-refractivity contribution in [1.82, 2.24) is 15.5 Å². The van der Waals surface area contributed by atoms with Gasteiger partial charge < -0.3 is 30.5 Å². The maximum atomic E-state index is 13.3. The molecule has 0 saturated heterocycles. The molecule has 0 aliphatic heterocycles. The molecule has 12 heteroatoms. The summed E-state index contributed by atoms with van der Waals surface area (Å²) in [6.45, 7) is 0.262. The van der Waals surface area contributed by atoms with E-state index >= 15 is 0 Å². The average Bonchev–Trinajstić information content (AvgIpc) is 2.97. The van der Waals surface area contributed by atoms with Crippen molar-refractivity contribution < 1.29 is 34.1 Å². The lowest BCUT2D eigenvalue weighted by molar-refractivity contribution is -0.167. The molecule has 2 aromatic carbocycles. The van der Waals surface area contributed by atoms with Crippen LogP contribution in [0.5, 0.6) is 0 Å². The van der Waals surface area contributed by atoms with Gasteiger partial charge in [-0.05, 0) is 54.2 Å². The number of carbonyl (C=O) groups is 4. The molecule has 0 bridgehead atoms. The smallest absolute Gasteiger partial charge is 0.408 e. The van der Waals surface area contributed by atoms with Crippen LogP contribution in [0.1, 0.15) is 62.5 Å². The first-order valence-electron chi connectivity index (χ1n) is 14.4. The summed E-state index contributed by atoms with van der Waals surface area (Å²) in [5.41, 5.74) is -1.14. The summed E-state index contributed by atoms with van der Waals surface area (Å²) >= 11 is 12.0. The van der Waals surface area contributed by atoms with Gasteiger partial charge in [-0.3, -0.25) is 9.59 Å². The summed E-state index contributed by atoms with van der Waals surface area (Å²) in [7, 11) is 1.57. The van der Waals surface area contributed by atoms with Crippen LogP contribution in [0.3, 0.4) is 0 Å². The second kappa shape index (κ2) is 16.5. The molecule has 0 heterocycles. The maximum absolute atomic E-state index is 13.3. The zero-order valence-electron chi connectivity index (χ0n) is 24.2. The number of alkyl carbamates (subject to hydrolysis) is 1. The number of hydrogen-bond acceptors (Lipinski definition) is 6. The molecule has 3 rings (SSSR count). The fraction of sp³-hybridized carbons (Fsp3) is 0.484. The molecule has 4 N–H and O–H groups in total. The number of amides is 3. The number of aliphatic hydroxyl groups is 1. The van der Waals surface area contributed by atoms with Gasteiger partial charge in [0.25, 0.3) is 0 Å². The van der Waals surface area contributed by atoms with Gasteiger partial charge in [-0.2, -0.15) is 0 Å². The van der Waals surface area contributed by atoms with Crippen LogP contribution < -0.4 is 10.6 Å². The van der Waals surface area contributed by atoms with Crippen molar-refractivity contribution in [2.24, 2.45) is 5.92 Å². The Morgan fingerprint density at radius 3 is 2.28 bits per heavy atom. The SMILES string of the molecule is CN(CCc1cccc(Cl)c1)C(=O)CCC(O)(NC(=O)[C@H](CC1CCCCC1)NC(=O)OCc1cccc(Cl)c1)C(=O)O. The van der Waals surface area contributed by atoms with Gasteiger partial charge in [-0.15, -0.1) is 0 Å². The molecule has 2 atom stereocenters. The quantitative estimate of drug-likeness (QED) is 0.215. The number of hydrogen-bond donors (Lipinski definition) is 4. The monoisotopic (exact) mass is 635 g/mol. The zero-order valence-corrected chi connectivity index (χ0v) is 25.7. The Balaban J connectivity index is 1.60. The highest BCUT2D eigenvalue weighted by Gasteiger charge is 2.40. The highest BCUT2D eigenvalue weighted by molar-refractivity contribution is 6.30. The Kier molecular flexibility index (Phi) is 13.1. The first-order chi connectivity index (χ1) is 20.4. The molecule has 1 aliphatic rings. The largest absolute Gasteiger partial charge is 0.478 e. The molecule has 0 radical (unpaired) electrons. The average molecular weight is 637 g/mol. The molecule has 1 aliphatic carbocycles. The summed E-state index contributed by atoms with van der Waals surface area (Å²) in [5.74, 6) is -2.87. The van der Waals surface area contributed by atoms with Crippen LogP contribution in [0.2, 0.25) is 10.0 Å². The number of rotatable bonds is 14. The van der Waals surface area contributed by atoms with E-state index in [1.54, 1.807) is 43.4 Å². The van der Waals surface area contributed by atoms with Crippen molar-refractivity contribution in [3.63, 3.8) is 0 Å². The van der Waals surface area contributed by atoms with E-state index in [-0.39, 0.29) is 25.4 Å². The minimum absolute atomic E-state index is 0.0871. The Morgan fingerprint density at radius 1 is 1.02 bits per heavy atom. The fourth-order valence-electron chi connectivity index (χ4n) is 5.05. The van der Waals surface area contributed by atoms with Crippen molar-refractivity contribution in [2.75, 3.05) is 13.6 Å². The molecular formula is C31H39Cl2N3O7. The van der Waals surface area contributed by atoms with E-state index in [0.29, 0.717) is 28.6 Å². The highest BCUT2D eigenvalue weighted by Crippen LogP contribution is 2.28. The normalized spacial score (nSPS) is 15.5. The molecular weight excluding hydrogens is 597 g/mol.